The summed E-state index contributed by atoms with van der Waals surface area (Å²) in [6, 6.07) is 6.20. The molecule has 0 aliphatic carbocycles. The van der Waals surface area contributed by atoms with E-state index in [1.54, 1.807) is 13.1 Å². The smallest absolute Gasteiger partial charge is 0.285 e. The fraction of sp³-hybridized carbons (Fsp3) is 0.333. The Morgan fingerprint density at radius 2 is 1.72 bits per heavy atom. The second kappa shape index (κ2) is 11.7. The number of aryl methyl sites for hydroxylation is 1. The maximum absolute atomic E-state index is 13.6. The van der Waals surface area contributed by atoms with Crippen molar-refractivity contribution in [1.29, 1.82) is 0 Å². The molecule has 0 spiro atoms. The number of nitrogens with zero attached hydrogens (tertiary/aromatic N) is 7. The van der Waals surface area contributed by atoms with Gasteiger partial charge in [-0.05, 0) is 37.6 Å². The zero-order chi connectivity index (χ0) is 31.1. The molecule has 0 radical (unpaired) electrons. The normalized spacial score (nSPS) is 14.6. The van der Waals surface area contributed by atoms with Crippen molar-refractivity contribution < 1.29 is 17.6 Å². The van der Waals surface area contributed by atoms with Gasteiger partial charge in [0.2, 0.25) is 21.9 Å². The molecule has 0 bridgehead atoms. The lowest BCUT2D eigenvalue weighted by molar-refractivity contribution is 0.0977. The summed E-state index contributed by atoms with van der Waals surface area (Å²) in [7, 11) is -2.17. The fourth-order valence-corrected chi connectivity index (χ4v) is 5.56. The quantitative estimate of drug-likeness (QED) is 0.290. The number of carbonyl (C=O) groups excluding carboxylic acids is 1. The molecule has 4 heterocycles. The van der Waals surface area contributed by atoms with E-state index < -0.39 is 27.8 Å². The largest absolute Gasteiger partial charge is 0.377 e. The Bertz CT molecular complexity index is 1880. The van der Waals surface area contributed by atoms with Gasteiger partial charge < -0.3 is 15.1 Å². The summed E-state index contributed by atoms with van der Waals surface area (Å²) in [4.78, 5) is 47.3. The Kier molecular flexibility index (Phi) is 8.21. The van der Waals surface area contributed by atoms with Gasteiger partial charge in [0, 0.05) is 38.8 Å². The van der Waals surface area contributed by atoms with E-state index in [9.17, 15) is 22.4 Å². The topological polar surface area (TPSA) is 155 Å². The van der Waals surface area contributed by atoms with Crippen molar-refractivity contribution in [3.05, 3.63) is 74.8 Å². The number of hydrogen-bond donors (Lipinski definition) is 2. The number of aromatic nitrogens is 5. The molecule has 226 valence electrons. The summed E-state index contributed by atoms with van der Waals surface area (Å²) in [5.41, 5.74) is 1.83. The lowest BCUT2D eigenvalue weighted by Crippen LogP contribution is -2.48. The minimum Gasteiger partial charge on any atom is -0.377 e. The highest BCUT2D eigenvalue weighted by molar-refractivity contribution is 7.89. The first kappa shape index (κ1) is 30.1. The van der Waals surface area contributed by atoms with Gasteiger partial charge >= 0.3 is 0 Å². The molecule has 13 nitrogen and oxygen atoms in total. The lowest BCUT2D eigenvalue weighted by atomic mass is 10.0. The molecule has 0 unspecified atom stereocenters. The number of benzene rings is 1. The second-order valence-electron chi connectivity index (χ2n) is 10.3. The molecular formula is C27H29ClFN9O4S. The predicted octanol–water partition coefficient (Wildman–Crippen LogP) is 2.41. The molecule has 0 saturated carbocycles. The highest BCUT2D eigenvalue weighted by Crippen LogP contribution is 2.29. The van der Waals surface area contributed by atoms with Crippen LogP contribution in [0.2, 0.25) is 5.15 Å². The van der Waals surface area contributed by atoms with E-state index in [1.165, 1.54) is 16.7 Å². The van der Waals surface area contributed by atoms with Crippen molar-refractivity contribution in [2.24, 2.45) is 7.05 Å². The Morgan fingerprint density at radius 1 is 1.07 bits per heavy atom. The van der Waals surface area contributed by atoms with E-state index in [0.29, 0.717) is 54.5 Å². The summed E-state index contributed by atoms with van der Waals surface area (Å²) in [5, 5.41) is 3.66. The third-order valence-electron chi connectivity index (χ3n) is 6.98. The number of sulfonamides is 1. The fourth-order valence-electron chi connectivity index (χ4n) is 4.98. The summed E-state index contributed by atoms with van der Waals surface area (Å²) in [6.45, 7) is 5.84. The van der Waals surface area contributed by atoms with Gasteiger partial charge in [0.05, 0.1) is 41.3 Å². The van der Waals surface area contributed by atoms with Gasteiger partial charge in [0.1, 0.15) is 5.15 Å². The second-order valence-corrected chi connectivity index (χ2v) is 12.4. The molecule has 2 N–H and O–H groups in total. The molecule has 16 heteroatoms. The third kappa shape index (κ3) is 6.51. The molecule has 3 aromatic heterocycles. The maximum Gasteiger partial charge on any atom is 0.285 e. The number of pyridine rings is 1. The summed E-state index contributed by atoms with van der Waals surface area (Å²) in [5.74, 6) is -0.530. The van der Waals surface area contributed by atoms with Gasteiger partial charge in [-0.15, -0.1) is 0 Å². The first-order valence-corrected chi connectivity index (χ1v) is 15.5. The molecule has 1 atom stereocenters. The number of halogens is 2. The van der Waals surface area contributed by atoms with Crippen LogP contribution in [0.3, 0.4) is 0 Å². The van der Waals surface area contributed by atoms with E-state index in [1.807, 2.05) is 34.4 Å². The van der Waals surface area contributed by atoms with Crippen LogP contribution in [0.5, 0.6) is 0 Å². The van der Waals surface area contributed by atoms with E-state index in [-0.39, 0.29) is 22.1 Å². The van der Waals surface area contributed by atoms with Crippen LogP contribution < -0.4 is 25.4 Å². The number of fused-ring (bicyclic) bond motifs is 1. The first-order chi connectivity index (χ1) is 20.3. The van der Waals surface area contributed by atoms with Crippen LogP contribution in [0, 0.1) is 12.7 Å². The summed E-state index contributed by atoms with van der Waals surface area (Å²) in [6.07, 6.45) is 3.12. The van der Waals surface area contributed by atoms with Crippen LogP contribution in [-0.2, 0) is 17.1 Å². The summed E-state index contributed by atoms with van der Waals surface area (Å²) < 4.78 is 40.1. The number of anilines is 3. The van der Waals surface area contributed by atoms with Gasteiger partial charge in [-0.3, -0.25) is 14.2 Å². The average molecular weight is 630 g/mol. The van der Waals surface area contributed by atoms with Crippen LogP contribution >= 0.6 is 11.6 Å². The molecule has 1 aromatic carbocycles. The van der Waals surface area contributed by atoms with E-state index >= 15 is 0 Å². The van der Waals surface area contributed by atoms with Gasteiger partial charge in [0.25, 0.3) is 11.5 Å². The van der Waals surface area contributed by atoms with Crippen LogP contribution in [0.15, 0.2) is 41.5 Å². The standard InChI is InChI=1S/C27H29ClFN9O4S/c1-15-11-18(16(2)32-20-5-6-21(28)33-23(20)24(39)35-43(4,41)42)22-19(12-15)25(40)36(3)27(34-22)38-9-7-37(8-10-38)26-30-13-17(29)14-31-26/h5-6,11-14,16,32H,7-10H2,1-4H3,(H,35,39)/t16-/m1/s1. The molecule has 1 fully saturated rings. The SMILES string of the molecule is Cc1cc([C@@H](C)Nc2ccc(Cl)nc2C(=O)NS(C)(=O)=O)c2nc(N3CCN(c4ncc(F)cn4)CC3)n(C)c(=O)c2c1. The zero-order valence-electron chi connectivity index (χ0n) is 23.8. The molecule has 1 amide bonds. The van der Waals surface area contributed by atoms with Crippen LogP contribution in [0.1, 0.15) is 34.6 Å². The Labute approximate surface area is 251 Å². The summed E-state index contributed by atoms with van der Waals surface area (Å²) >= 11 is 6.01. The Morgan fingerprint density at radius 3 is 2.37 bits per heavy atom. The molecule has 5 rings (SSSR count). The van der Waals surface area contributed by atoms with Crippen molar-refractivity contribution in [1.82, 2.24) is 29.2 Å². The third-order valence-corrected chi connectivity index (χ3v) is 7.74. The minimum atomic E-state index is -3.85. The van der Waals surface area contributed by atoms with Crippen molar-refractivity contribution in [2.45, 2.75) is 19.9 Å². The van der Waals surface area contributed by atoms with E-state index in [0.717, 1.165) is 24.2 Å². The molecule has 43 heavy (non-hydrogen) atoms. The molecule has 1 saturated heterocycles. The highest BCUT2D eigenvalue weighted by atomic mass is 35.5. The number of carbonyl (C=O) groups is 1. The molecular weight excluding hydrogens is 601 g/mol. The number of rotatable bonds is 7. The zero-order valence-corrected chi connectivity index (χ0v) is 25.4. The van der Waals surface area contributed by atoms with Crippen LogP contribution in [0.25, 0.3) is 10.9 Å². The van der Waals surface area contributed by atoms with Gasteiger partial charge in [-0.25, -0.2) is 37.5 Å². The highest BCUT2D eigenvalue weighted by Gasteiger charge is 2.25. The molecule has 4 aromatic rings. The first-order valence-electron chi connectivity index (χ1n) is 13.2. The molecule has 1 aliphatic heterocycles. The minimum absolute atomic E-state index is 0.0127. The van der Waals surface area contributed by atoms with Crippen molar-refractivity contribution >= 4 is 56.0 Å². The van der Waals surface area contributed by atoms with E-state index in [2.05, 4.69) is 20.3 Å². The number of piperazine rings is 1. The Hall–Kier alpha value is -4.37. The van der Waals surface area contributed by atoms with Gasteiger partial charge in [0.15, 0.2) is 11.5 Å². The van der Waals surface area contributed by atoms with E-state index in [4.69, 9.17) is 16.6 Å². The van der Waals surface area contributed by atoms with Gasteiger partial charge in [-0.1, -0.05) is 17.7 Å². The monoisotopic (exact) mass is 629 g/mol. The maximum atomic E-state index is 13.6. The molecule has 1 aliphatic rings. The number of nitrogens with one attached hydrogen (secondary N) is 2. The van der Waals surface area contributed by atoms with Crippen molar-refractivity contribution in [3.8, 4) is 0 Å². The number of amides is 1. The van der Waals surface area contributed by atoms with Crippen LogP contribution in [-0.4, -0.2) is 71.3 Å². The average Bonchev–Trinajstić information content (AvgIpc) is 2.95. The predicted molar refractivity (Wildman–Crippen MR) is 162 cm³/mol. The van der Waals surface area contributed by atoms with Crippen molar-refractivity contribution in [2.75, 3.05) is 47.6 Å². The lowest BCUT2D eigenvalue weighted by Gasteiger charge is -2.36. The van der Waals surface area contributed by atoms with Crippen molar-refractivity contribution in [3.63, 3.8) is 0 Å². The Balaban J connectivity index is 1.48. The number of hydrogen-bond acceptors (Lipinski definition) is 11. The van der Waals surface area contributed by atoms with Gasteiger partial charge in [-0.2, -0.15) is 0 Å². The van der Waals surface area contributed by atoms with Crippen LogP contribution in [0.4, 0.5) is 22.0 Å².